The number of hydrogen-bond acceptors (Lipinski definition) is 5. The van der Waals surface area contributed by atoms with Crippen molar-refractivity contribution in [2.75, 3.05) is 0 Å². The van der Waals surface area contributed by atoms with Crippen LogP contribution in [0.2, 0.25) is 0 Å². The number of aromatic nitrogens is 3. The molecular formula is C23H28N4O2S. The van der Waals surface area contributed by atoms with Gasteiger partial charge in [-0.15, -0.1) is 11.3 Å². The summed E-state index contributed by atoms with van der Waals surface area (Å²) >= 11 is 1.65. The first-order valence-corrected chi connectivity index (χ1v) is 11.3. The van der Waals surface area contributed by atoms with Crippen molar-refractivity contribution in [3.05, 3.63) is 56.7 Å². The fourth-order valence-corrected chi connectivity index (χ4v) is 5.43. The van der Waals surface area contributed by atoms with E-state index in [1.54, 1.807) is 23.7 Å². The van der Waals surface area contributed by atoms with Gasteiger partial charge < -0.3 is 10.3 Å². The Hall–Kier alpha value is -2.54. The van der Waals surface area contributed by atoms with Crippen molar-refractivity contribution in [2.45, 2.75) is 59.4 Å². The lowest BCUT2D eigenvalue weighted by Crippen LogP contribution is -2.26. The molecule has 0 saturated heterocycles. The number of H-pyrrole nitrogens is 1. The smallest absolute Gasteiger partial charge is 0.259 e. The highest BCUT2D eigenvalue weighted by Crippen LogP contribution is 2.41. The van der Waals surface area contributed by atoms with E-state index in [2.05, 4.69) is 36.1 Å². The molecule has 0 aliphatic heterocycles. The van der Waals surface area contributed by atoms with Crippen LogP contribution in [0.3, 0.4) is 0 Å². The van der Waals surface area contributed by atoms with Crippen LogP contribution in [0.1, 0.15) is 55.4 Å². The van der Waals surface area contributed by atoms with Crippen molar-refractivity contribution in [3.8, 4) is 0 Å². The van der Waals surface area contributed by atoms with Crippen LogP contribution in [0.5, 0.6) is 0 Å². The van der Waals surface area contributed by atoms with Crippen LogP contribution >= 0.6 is 11.3 Å². The molecule has 1 unspecified atom stereocenters. The molecule has 2 N–H and O–H groups in total. The Morgan fingerprint density at radius 3 is 2.93 bits per heavy atom. The highest BCUT2D eigenvalue weighted by molar-refractivity contribution is 7.18. The Balaban J connectivity index is 1.45. The van der Waals surface area contributed by atoms with E-state index in [9.17, 15) is 9.59 Å². The van der Waals surface area contributed by atoms with Crippen molar-refractivity contribution < 1.29 is 4.79 Å². The van der Waals surface area contributed by atoms with Gasteiger partial charge in [0.2, 0.25) is 5.91 Å². The predicted molar refractivity (Wildman–Crippen MR) is 120 cm³/mol. The minimum atomic E-state index is -0.0718. The number of pyridine rings is 1. The minimum Gasteiger partial charge on any atom is -0.352 e. The zero-order chi connectivity index (χ0) is 21.3. The summed E-state index contributed by atoms with van der Waals surface area (Å²) in [7, 11) is 0. The van der Waals surface area contributed by atoms with Crippen molar-refractivity contribution in [2.24, 2.45) is 11.3 Å². The SMILES string of the molecule is CC(C)(C)C1CCc2c(sc3nc(CCC(=O)NCc4cccnc4)[nH]c(=O)c23)C1. The van der Waals surface area contributed by atoms with Crippen LogP contribution in [-0.2, 0) is 30.6 Å². The third-order valence-electron chi connectivity index (χ3n) is 5.99. The first kappa shape index (κ1) is 20.7. The zero-order valence-corrected chi connectivity index (χ0v) is 18.6. The summed E-state index contributed by atoms with van der Waals surface area (Å²) in [5.41, 5.74) is 2.33. The third kappa shape index (κ3) is 4.46. The van der Waals surface area contributed by atoms with Crippen LogP contribution < -0.4 is 10.9 Å². The monoisotopic (exact) mass is 424 g/mol. The molecule has 0 bridgehead atoms. The van der Waals surface area contributed by atoms with Crippen molar-refractivity contribution in [1.82, 2.24) is 20.3 Å². The minimum absolute atomic E-state index is 0.0694. The highest BCUT2D eigenvalue weighted by Gasteiger charge is 2.31. The van der Waals surface area contributed by atoms with Gasteiger partial charge in [-0.05, 0) is 47.8 Å². The molecule has 30 heavy (non-hydrogen) atoms. The van der Waals surface area contributed by atoms with Gasteiger partial charge in [0.25, 0.3) is 5.56 Å². The molecule has 0 radical (unpaired) electrons. The van der Waals surface area contributed by atoms with Gasteiger partial charge >= 0.3 is 0 Å². The summed E-state index contributed by atoms with van der Waals surface area (Å²) in [6.07, 6.45) is 7.21. The van der Waals surface area contributed by atoms with E-state index in [1.807, 2.05) is 12.1 Å². The number of carbonyl (C=O) groups is 1. The molecule has 0 fully saturated rings. The number of rotatable bonds is 5. The molecule has 3 heterocycles. The van der Waals surface area contributed by atoms with E-state index >= 15 is 0 Å². The highest BCUT2D eigenvalue weighted by atomic mass is 32.1. The van der Waals surface area contributed by atoms with Gasteiger partial charge in [-0.1, -0.05) is 26.8 Å². The van der Waals surface area contributed by atoms with E-state index in [-0.39, 0.29) is 23.3 Å². The van der Waals surface area contributed by atoms with Crippen LogP contribution in [0.25, 0.3) is 10.2 Å². The topological polar surface area (TPSA) is 87.7 Å². The Bertz CT molecular complexity index is 1110. The van der Waals surface area contributed by atoms with E-state index in [0.717, 1.165) is 35.0 Å². The lowest BCUT2D eigenvalue weighted by molar-refractivity contribution is -0.121. The number of aromatic amines is 1. The quantitative estimate of drug-likeness (QED) is 0.652. The maximum atomic E-state index is 12.8. The fourth-order valence-electron chi connectivity index (χ4n) is 4.11. The number of thiophene rings is 1. The second-order valence-electron chi connectivity index (χ2n) is 9.14. The Kier molecular flexibility index (Phi) is 5.73. The molecule has 0 spiro atoms. The molecular weight excluding hydrogens is 396 g/mol. The molecule has 4 rings (SSSR count). The van der Waals surface area contributed by atoms with Gasteiger partial charge in [0, 0.05) is 36.7 Å². The van der Waals surface area contributed by atoms with Gasteiger partial charge in [-0.25, -0.2) is 4.98 Å². The van der Waals surface area contributed by atoms with E-state index < -0.39 is 0 Å². The van der Waals surface area contributed by atoms with E-state index in [4.69, 9.17) is 4.98 Å². The molecule has 1 aliphatic rings. The molecule has 158 valence electrons. The van der Waals surface area contributed by atoms with Crippen LogP contribution in [-0.4, -0.2) is 20.9 Å². The first-order chi connectivity index (χ1) is 14.3. The van der Waals surface area contributed by atoms with Crippen LogP contribution in [0.4, 0.5) is 0 Å². The molecule has 7 heteroatoms. The molecule has 0 aromatic carbocycles. The molecule has 1 amide bonds. The van der Waals surface area contributed by atoms with Crippen molar-refractivity contribution in [3.63, 3.8) is 0 Å². The Morgan fingerprint density at radius 1 is 1.37 bits per heavy atom. The summed E-state index contributed by atoms with van der Waals surface area (Å²) in [4.78, 5) is 38.7. The average molecular weight is 425 g/mol. The Morgan fingerprint density at radius 2 is 2.20 bits per heavy atom. The maximum Gasteiger partial charge on any atom is 0.259 e. The number of carbonyl (C=O) groups excluding carboxylic acids is 1. The number of fused-ring (bicyclic) bond motifs is 3. The van der Waals surface area contributed by atoms with Gasteiger partial charge in [0.15, 0.2) is 0 Å². The molecule has 1 atom stereocenters. The maximum absolute atomic E-state index is 12.8. The number of hydrogen-bond donors (Lipinski definition) is 2. The lowest BCUT2D eigenvalue weighted by Gasteiger charge is -2.33. The summed E-state index contributed by atoms with van der Waals surface area (Å²) in [6, 6.07) is 3.76. The van der Waals surface area contributed by atoms with Gasteiger partial charge in [-0.3, -0.25) is 14.6 Å². The number of amides is 1. The third-order valence-corrected chi connectivity index (χ3v) is 7.14. The van der Waals surface area contributed by atoms with Gasteiger partial charge in [-0.2, -0.15) is 0 Å². The fraction of sp³-hybridized carbons (Fsp3) is 0.478. The number of nitrogens with one attached hydrogen (secondary N) is 2. The van der Waals surface area contributed by atoms with Crippen LogP contribution in [0, 0.1) is 11.3 Å². The van der Waals surface area contributed by atoms with Crippen LogP contribution in [0.15, 0.2) is 29.3 Å². The number of nitrogens with zero attached hydrogens (tertiary/aromatic N) is 2. The van der Waals surface area contributed by atoms with Crippen molar-refractivity contribution in [1.29, 1.82) is 0 Å². The molecule has 6 nitrogen and oxygen atoms in total. The van der Waals surface area contributed by atoms with E-state index in [1.165, 1.54) is 10.4 Å². The number of aryl methyl sites for hydroxylation is 2. The largest absolute Gasteiger partial charge is 0.352 e. The van der Waals surface area contributed by atoms with Gasteiger partial charge in [0.1, 0.15) is 10.7 Å². The zero-order valence-electron chi connectivity index (χ0n) is 17.7. The first-order valence-electron chi connectivity index (χ1n) is 10.5. The standard InChI is InChI=1S/C23H28N4O2S/c1-23(2,3)15-6-7-16-17(11-15)30-22-20(16)21(29)26-18(27-22)8-9-19(28)25-13-14-5-4-10-24-12-14/h4-5,10,12,15H,6-9,11,13H2,1-3H3,(H,25,28)(H,26,27,29). The lowest BCUT2D eigenvalue weighted by atomic mass is 9.72. The summed E-state index contributed by atoms with van der Waals surface area (Å²) in [5, 5.41) is 3.64. The average Bonchev–Trinajstić information content (AvgIpc) is 3.09. The van der Waals surface area contributed by atoms with Crippen molar-refractivity contribution >= 4 is 27.5 Å². The van der Waals surface area contributed by atoms with Gasteiger partial charge in [0.05, 0.1) is 5.39 Å². The normalized spacial score (nSPS) is 16.4. The second kappa shape index (κ2) is 8.30. The summed E-state index contributed by atoms with van der Waals surface area (Å²) in [5.74, 6) is 1.13. The Labute approximate surface area is 180 Å². The van der Waals surface area contributed by atoms with E-state index in [0.29, 0.717) is 24.7 Å². The summed E-state index contributed by atoms with van der Waals surface area (Å²) < 4.78 is 0. The predicted octanol–water partition coefficient (Wildman–Crippen LogP) is 3.78. The molecule has 1 aliphatic carbocycles. The molecule has 3 aromatic heterocycles. The second-order valence-corrected chi connectivity index (χ2v) is 10.2. The molecule has 3 aromatic rings. The summed E-state index contributed by atoms with van der Waals surface area (Å²) in [6.45, 7) is 7.32. The molecule has 0 saturated carbocycles.